The zero-order chi connectivity index (χ0) is 28.3. The normalized spacial score (nSPS) is 42.5. The summed E-state index contributed by atoms with van der Waals surface area (Å²) in [5, 5.41) is 35.4. The highest BCUT2D eigenvalue weighted by Gasteiger charge is 2.71. The molecule has 218 valence electrons. The van der Waals surface area contributed by atoms with Crippen molar-refractivity contribution < 1.29 is 34.3 Å². The molecular formula is C32H43NO7. The second-order valence-corrected chi connectivity index (χ2v) is 13.1. The number of aliphatic imine (C=N–C) groups is 1. The summed E-state index contributed by atoms with van der Waals surface area (Å²) < 4.78 is 16.3. The van der Waals surface area contributed by atoms with Crippen molar-refractivity contribution in [3.63, 3.8) is 0 Å². The van der Waals surface area contributed by atoms with E-state index in [1.807, 2.05) is 24.4 Å². The van der Waals surface area contributed by atoms with Gasteiger partial charge in [0.1, 0.15) is 6.61 Å². The summed E-state index contributed by atoms with van der Waals surface area (Å²) in [5.41, 5.74) is -1.06. The average Bonchev–Trinajstić information content (AvgIpc) is 3.48. The van der Waals surface area contributed by atoms with Crippen LogP contribution in [0.3, 0.4) is 0 Å². The maximum Gasteiger partial charge on any atom is 0.331 e. The maximum atomic E-state index is 12.6. The molecule has 0 aromatic heterocycles. The Morgan fingerprint density at radius 2 is 1.85 bits per heavy atom. The Balaban J connectivity index is 1.35. The van der Waals surface area contributed by atoms with Gasteiger partial charge in [-0.15, -0.1) is 0 Å². The van der Waals surface area contributed by atoms with Crippen molar-refractivity contribution in [1.82, 2.24) is 0 Å². The number of ether oxygens (including phenoxy) is 3. The zero-order valence-electron chi connectivity index (χ0n) is 23.9. The van der Waals surface area contributed by atoms with Gasteiger partial charge in [0.05, 0.1) is 38.1 Å². The zero-order valence-corrected chi connectivity index (χ0v) is 23.9. The largest absolute Gasteiger partial charge is 0.493 e. The number of benzene rings is 1. The van der Waals surface area contributed by atoms with Gasteiger partial charge in [-0.2, -0.15) is 0 Å². The summed E-state index contributed by atoms with van der Waals surface area (Å²) >= 11 is 0. The minimum absolute atomic E-state index is 0.00296. The molecule has 8 atom stereocenters. The highest BCUT2D eigenvalue weighted by atomic mass is 16.5. The van der Waals surface area contributed by atoms with E-state index in [1.165, 1.54) is 0 Å². The Morgan fingerprint density at radius 3 is 2.58 bits per heavy atom. The van der Waals surface area contributed by atoms with E-state index in [0.29, 0.717) is 63.2 Å². The lowest BCUT2D eigenvalue weighted by atomic mass is 9.41. The summed E-state index contributed by atoms with van der Waals surface area (Å²) in [6.07, 6.45) is 9.04. The first-order valence-electron chi connectivity index (χ1n) is 14.8. The van der Waals surface area contributed by atoms with Crippen LogP contribution in [0.25, 0.3) is 0 Å². The van der Waals surface area contributed by atoms with Crippen LogP contribution in [0.4, 0.5) is 0 Å². The lowest BCUT2D eigenvalue weighted by Gasteiger charge is -2.65. The molecule has 1 heterocycles. The van der Waals surface area contributed by atoms with E-state index in [4.69, 9.17) is 19.2 Å². The Morgan fingerprint density at radius 1 is 1.05 bits per heavy atom. The van der Waals surface area contributed by atoms with Gasteiger partial charge in [-0.1, -0.05) is 19.1 Å². The molecule has 1 aliphatic heterocycles. The van der Waals surface area contributed by atoms with Gasteiger partial charge in [0, 0.05) is 35.1 Å². The number of para-hydroxylation sites is 1. The molecule has 0 spiro atoms. The van der Waals surface area contributed by atoms with Gasteiger partial charge in [0.2, 0.25) is 0 Å². The van der Waals surface area contributed by atoms with Gasteiger partial charge < -0.3 is 29.5 Å². The number of hydrogen-bond donors (Lipinski definition) is 3. The van der Waals surface area contributed by atoms with Crippen LogP contribution in [0.1, 0.15) is 70.3 Å². The molecule has 8 nitrogen and oxygen atoms in total. The number of rotatable bonds is 6. The predicted molar refractivity (Wildman–Crippen MR) is 149 cm³/mol. The van der Waals surface area contributed by atoms with E-state index < -0.39 is 22.7 Å². The lowest BCUT2D eigenvalue weighted by molar-refractivity contribution is -0.237. The fourth-order valence-corrected chi connectivity index (χ4v) is 9.75. The van der Waals surface area contributed by atoms with Crippen molar-refractivity contribution in [3.05, 3.63) is 35.4 Å². The van der Waals surface area contributed by atoms with Gasteiger partial charge in [0.25, 0.3) is 0 Å². The Labute approximate surface area is 236 Å². The predicted octanol–water partition coefficient (Wildman–Crippen LogP) is 3.99. The van der Waals surface area contributed by atoms with Crippen LogP contribution in [0.2, 0.25) is 0 Å². The summed E-state index contributed by atoms with van der Waals surface area (Å²) in [7, 11) is 3.23. The van der Waals surface area contributed by atoms with Crippen molar-refractivity contribution in [3.8, 4) is 11.5 Å². The third kappa shape index (κ3) is 3.89. The molecule has 0 saturated heterocycles. The maximum absolute atomic E-state index is 12.6. The molecule has 4 fully saturated rings. The number of carbonyl (C=O) groups excluding carboxylic acids is 1. The monoisotopic (exact) mass is 553 g/mol. The summed E-state index contributed by atoms with van der Waals surface area (Å²) in [5.74, 6) is 1.18. The van der Waals surface area contributed by atoms with E-state index in [2.05, 4.69) is 6.92 Å². The molecule has 4 aliphatic carbocycles. The number of cyclic esters (lactones) is 1. The van der Waals surface area contributed by atoms with Crippen LogP contribution in [0.5, 0.6) is 11.5 Å². The minimum atomic E-state index is -1.08. The molecule has 4 saturated carbocycles. The molecule has 6 rings (SSSR count). The minimum Gasteiger partial charge on any atom is -0.493 e. The number of fused-ring (bicyclic) bond motifs is 5. The Kier molecular flexibility index (Phi) is 6.83. The molecule has 1 aromatic rings. The number of carbonyl (C=O) groups is 1. The lowest BCUT2D eigenvalue weighted by Crippen LogP contribution is -2.68. The first kappa shape index (κ1) is 27.7. The topological polar surface area (TPSA) is 118 Å². The highest BCUT2D eigenvalue weighted by Crippen LogP contribution is 2.70. The van der Waals surface area contributed by atoms with Crippen molar-refractivity contribution in [1.29, 1.82) is 0 Å². The van der Waals surface area contributed by atoms with Gasteiger partial charge >= 0.3 is 5.97 Å². The van der Waals surface area contributed by atoms with Gasteiger partial charge in [-0.05, 0) is 80.8 Å². The SMILES string of the molecule is COc1cccc(CN=C[C@]23CC[C@H](O)C[C@@]2(O)CC[C@@H]2[C@@H]3CC[C@]3(C)[C@@H](C4=CC(=O)OC4)CC[C@]23O)c1OC. The molecule has 0 radical (unpaired) electrons. The summed E-state index contributed by atoms with van der Waals surface area (Å²) in [4.78, 5) is 16.8. The van der Waals surface area contributed by atoms with E-state index >= 15 is 0 Å². The van der Waals surface area contributed by atoms with E-state index in [9.17, 15) is 20.1 Å². The smallest absolute Gasteiger partial charge is 0.331 e. The van der Waals surface area contributed by atoms with Crippen molar-refractivity contribution in [2.24, 2.45) is 33.6 Å². The highest BCUT2D eigenvalue weighted by molar-refractivity contribution is 5.85. The van der Waals surface area contributed by atoms with Crippen LogP contribution >= 0.6 is 0 Å². The van der Waals surface area contributed by atoms with Crippen LogP contribution < -0.4 is 9.47 Å². The summed E-state index contributed by atoms with van der Waals surface area (Å²) in [6.45, 7) is 2.90. The molecule has 0 amide bonds. The molecular weight excluding hydrogens is 510 g/mol. The second kappa shape index (κ2) is 9.85. The molecule has 40 heavy (non-hydrogen) atoms. The molecule has 8 heteroatoms. The van der Waals surface area contributed by atoms with Gasteiger partial charge in [0.15, 0.2) is 11.5 Å². The molecule has 5 aliphatic rings. The van der Waals surface area contributed by atoms with E-state index in [-0.39, 0.29) is 29.1 Å². The van der Waals surface area contributed by atoms with Gasteiger partial charge in [-0.25, -0.2) is 4.79 Å². The number of methoxy groups -OCH3 is 2. The quantitative estimate of drug-likeness (QED) is 0.360. The van der Waals surface area contributed by atoms with E-state index in [0.717, 1.165) is 30.4 Å². The van der Waals surface area contributed by atoms with Crippen molar-refractivity contribution in [2.45, 2.75) is 88.6 Å². The molecule has 0 unspecified atom stereocenters. The van der Waals surface area contributed by atoms with Crippen molar-refractivity contribution >= 4 is 12.2 Å². The van der Waals surface area contributed by atoms with Crippen LogP contribution in [-0.2, 0) is 16.1 Å². The Hall–Kier alpha value is -2.42. The van der Waals surface area contributed by atoms with Crippen LogP contribution in [0, 0.1) is 28.6 Å². The fraction of sp³-hybridized carbons (Fsp3) is 0.688. The first-order valence-corrected chi connectivity index (χ1v) is 14.8. The third-order valence-electron chi connectivity index (χ3n) is 11.7. The number of hydrogen-bond acceptors (Lipinski definition) is 8. The van der Waals surface area contributed by atoms with Gasteiger partial charge in [-0.3, -0.25) is 4.99 Å². The number of aliphatic hydroxyl groups excluding tert-OH is 1. The second-order valence-electron chi connectivity index (χ2n) is 13.1. The number of esters is 1. The number of aliphatic hydroxyl groups is 3. The van der Waals surface area contributed by atoms with Crippen LogP contribution in [-0.4, -0.2) is 65.6 Å². The average molecular weight is 554 g/mol. The molecule has 3 N–H and O–H groups in total. The molecule has 0 bridgehead atoms. The Bertz CT molecular complexity index is 1230. The van der Waals surface area contributed by atoms with Crippen LogP contribution in [0.15, 0.2) is 34.8 Å². The standard InChI is InChI=1S/C32H43NO7/c1-29-11-8-24-25(32(29,37)14-10-23(29)21-15-27(35)40-18-21)9-13-31(36)16-22(34)7-12-30(24,31)19-33-17-20-5-4-6-26(38-2)28(20)39-3/h4-6,15,19,22-25,34,36-37H,7-14,16-18H2,1-3H3/t22-,23+,24-,25+,29+,30-,31-,32-/m0/s1. The van der Waals surface area contributed by atoms with Crippen molar-refractivity contribution in [2.75, 3.05) is 20.8 Å². The third-order valence-corrected chi connectivity index (χ3v) is 11.7. The van der Waals surface area contributed by atoms with E-state index in [1.54, 1.807) is 20.3 Å². The molecule has 1 aromatic carbocycles. The fourth-order valence-electron chi connectivity index (χ4n) is 9.75. The summed E-state index contributed by atoms with van der Waals surface area (Å²) in [6, 6.07) is 5.74. The first-order chi connectivity index (χ1) is 19.1. The number of nitrogens with zero attached hydrogens (tertiary/aromatic N) is 1.